The topological polar surface area (TPSA) is 26.3 Å². The van der Waals surface area contributed by atoms with Crippen LogP contribution in [-0.4, -0.2) is 30.8 Å². The van der Waals surface area contributed by atoms with Crippen molar-refractivity contribution in [1.82, 2.24) is 0 Å². The van der Waals surface area contributed by atoms with Crippen LogP contribution < -0.4 is 0 Å². The first-order valence-corrected chi connectivity index (χ1v) is 4.49. The molecule has 0 saturated carbocycles. The van der Waals surface area contributed by atoms with Gasteiger partial charge in [-0.05, 0) is 6.92 Å². The van der Waals surface area contributed by atoms with Crippen molar-refractivity contribution >= 4 is 5.78 Å². The van der Waals surface area contributed by atoms with Crippen LogP contribution >= 0.6 is 0 Å². The summed E-state index contributed by atoms with van der Waals surface area (Å²) < 4.78 is 52.6. The lowest BCUT2D eigenvalue weighted by molar-refractivity contribution is -0.178. The number of Topliss-reactive ketones (excluding diaryl/α,β-unsaturated/α-hetero) is 1. The van der Waals surface area contributed by atoms with Crippen LogP contribution in [0.15, 0.2) is 0 Å². The summed E-state index contributed by atoms with van der Waals surface area (Å²) in [6.07, 6.45) is -4.87. The molecule has 0 aromatic heterocycles. The molecule has 0 N–H and O–H groups in total. The number of carbonyl (C=O) groups is 1. The number of rotatable bonds is 6. The number of hydrogen-bond donors (Lipinski definition) is 0. The van der Waals surface area contributed by atoms with Crippen LogP contribution in [0.2, 0.25) is 0 Å². The summed E-state index contributed by atoms with van der Waals surface area (Å²) in [4.78, 5) is 11.2. The summed E-state index contributed by atoms with van der Waals surface area (Å²) in [6.45, 7) is 2.98. The van der Waals surface area contributed by atoms with Crippen LogP contribution in [0.3, 0.4) is 0 Å². The molecule has 0 unspecified atom stereocenters. The zero-order valence-electron chi connectivity index (χ0n) is 8.77. The summed E-state index contributed by atoms with van der Waals surface area (Å²) in [7, 11) is 0. The van der Waals surface area contributed by atoms with E-state index < -0.39 is 25.1 Å². The van der Waals surface area contributed by atoms with Crippen molar-refractivity contribution in [3.05, 3.63) is 0 Å². The van der Waals surface area contributed by atoms with Gasteiger partial charge in [0.05, 0.1) is 0 Å². The van der Waals surface area contributed by atoms with Crippen LogP contribution in [0, 0.1) is 5.92 Å². The van der Waals surface area contributed by atoms with Crippen molar-refractivity contribution in [2.45, 2.75) is 39.2 Å². The van der Waals surface area contributed by atoms with Gasteiger partial charge in [-0.3, -0.25) is 4.79 Å². The molecule has 6 heteroatoms. The van der Waals surface area contributed by atoms with Crippen molar-refractivity contribution in [2.24, 2.45) is 5.92 Å². The molecule has 0 fully saturated rings. The molecule has 0 spiro atoms. The highest BCUT2D eigenvalue weighted by molar-refractivity contribution is 5.84. The Kier molecular flexibility index (Phi) is 5.20. The Morgan fingerprint density at radius 1 is 1.27 bits per heavy atom. The van der Waals surface area contributed by atoms with Gasteiger partial charge >= 0.3 is 12.3 Å². The highest BCUT2D eigenvalue weighted by Crippen LogP contribution is 2.23. The molecular weight excluding hydrogens is 216 g/mol. The second-order valence-electron chi connectivity index (χ2n) is 3.57. The average molecular weight is 230 g/mol. The minimum Gasteiger partial charge on any atom is -0.364 e. The first-order chi connectivity index (χ1) is 6.68. The number of ketones is 1. The molecule has 2 nitrogen and oxygen atoms in total. The Balaban J connectivity index is 4.11. The Hall–Kier alpha value is -0.650. The monoisotopic (exact) mass is 230 g/mol. The molecule has 0 amide bonds. The number of alkyl halides is 4. The molecule has 0 saturated heterocycles. The summed E-state index contributed by atoms with van der Waals surface area (Å²) in [5.74, 6) is -4.97. The predicted molar refractivity (Wildman–Crippen MR) is 46.2 cm³/mol. The van der Waals surface area contributed by atoms with Crippen LogP contribution in [0.25, 0.3) is 0 Å². The van der Waals surface area contributed by atoms with E-state index >= 15 is 0 Å². The van der Waals surface area contributed by atoms with Crippen molar-refractivity contribution in [2.75, 3.05) is 6.61 Å². The minimum atomic E-state index is -4.20. The fraction of sp³-hybridized carbons (Fsp3) is 0.889. The van der Waals surface area contributed by atoms with E-state index in [4.69, 9.17) is 0 Å². The Labute approximate surface area is 85.6 Å². The van der Waals surface area contributed by atoms with Gasteiger partial charge in [0.1, 0.15) is 12.7 Å². The lowest BCUT2D eigenvalue weighted by Crippen LogP contribution is -2.36. The number of ether oxygens (including phenoxy) is 1. The van der Waals surface area contributed by atoms with E-state index in [1.807, 2.05) is 0 Å². The third kappa shape index (κ3) is 4.59. The maximum absolute atomic E-state index is 12.4. The van der Waals surface area contributed by atoms with Gasteiger partial charge in [-0.15, -0.1) is 0 Å². The number of carbonyl (C=O) groups excluding carboxylic acids is 1. The van der Waals surface area contributed by atoms with Crippen molar-refractivity contribution in [3.8, 4) is 0 Å². The molecule has 1 atom stereocenters. The lowest BCUT2D eigenvalue weighted by atomic mass is 10.1. The maximum atomic E-state index is 12.4. The number of hydrogen-bond acceptors (Lipinski definition) is 2. The molecule has 0 rings (SSSR count). The first kappa shape index (κ1) is 14.3. The van der Waals surface area contributed by atoms with E-state index in [-0.39, 0.29) is 11.7 Å². The molecule has 0 radical (unpaired) electrons. The summed E-state index contributed by atoms with van der Waals surface area (Å²) >= 11 is 0. The fourth-order valence-electron chi connectivity index (χ4n) is 0.851. The van der Waals surface area contributed by atoms with Crippen LogP contribution in [0.1, 0.15) is 20.8 Å². The van der Waals surface area contributed by atoms with Crippen LogP contribution in [-0.2, 0) is 9.53 Å². The van der Waals surface area contributed by atoms with E-state index in [0.717, 1.165) is 0 Å². The highest BCUT2D eigenvalue weighted by Gasteiger charge is 2.41. The smallest absolute Gasteiger partial charge is 0.330 e. The third-order valence-corrected chi connectivity index (χ3v) is 1.81. The molecule has 90 valence electrons. The molecule has 0 aliphatic rings. The van der Waals surface area contributed by atoms with E-state index in [1.54, 1.807) is 13.8 Å². The third-order valence-electron chi connectivity index (χ3n) is 1.81. The molecule has 0 aliphatic heterocycles. The quantitative estimate of drug-likeness (QED) is 0.655. The van der Waals surface area contributed by atoms with Crippen LogP contribution in [0.5, 0.6) is 0 Å². The molecule has 0 heterocycles. The van der Waals surface area contributed by atoms with E-state index in [2.05, 4.69) is 4.74 Å². The zero-order valence-corrected chi connectivity index (χ0v) is 8.77. The van der Waals surface area contributed by atoms with Gasteiger partial charge in [-0.2, -0.15) is 8.78 Å². The molecule has 0 aromatic carbocycles. The van der Waals surface area contributed by atoms with E-state index in [0.29, 0.717) is 0 Å². The molecule has 0 aliphatic carbocycles. The van der Waals surface area contributed by atoms with Gasteiger partial charge in [-0.1, -0.05) is 13.8 Å². The highest BCUT2D eigenvalue weighted by atomic mass is 19.3. The van der Waals surface area contributed by atoms with Crippen molar-refractivity contribution in [1.29, 1.82) is 0 Å². The van der Waals surface area contributed by atoms with Gasteiger partial charge in [0.2, 0.25) is 0 Å². The van der Waals surface area contributed by atoms with Gasteiger partial charge in [0, 0.05) is 5.92 Å². The standard InChI is InChI=1S/C9H14F4O2/c1-5(2)7(14)6(3)15-4-9(12,13)8(10)11/h5-6,8H,4H2,1-3H3/t6-/m0/s1. The normalized spacial score (nSPS) is 14.7. The minimum absolute atomic E-state index is 0.375. The summed E-state index contributed by atoms with van der Waals surface area (Å²) in [5.41, 5.74) is 0. The SMILES string of the molecule is CC(C)C(=O)[C@H](C)OCC(F)(F)C(F)F. The molecule has 0 aromatic rings. The summed E-state index contributed by atoms with van der Waals surface area (Å²) in [6, 6.07) is 0. The molecule has 15 heavy (non-hydrogen) atoms. The maximum Gasteiger partial charge on any atom is 0.330 e. The Morgan fingerprint density at radius 3 is 2.07 bits per heavy atom. The van der Waals surface area contributed by atoms with Crippen molar-refractivity contribution in [3.63, 3.8) is 0 Å². The Morgan fingerprint density at radius 2 is 1.73 bits per heavy atom. The van der Waals surface area contributed by atoms with Gasteiger partial charge < -0.3 is 4.74 Å². The molecular formula is C9H14F4O2. The second kappa shape index (κ2) is 5.44. The molecule has 0 bridgehead atoms. The lowest BCUT2D eigenvalue weighted by Gasteiger charge is -2.19. The van der Waals surface area contributed by atoms with Gasteiger partial charge in [0.25, 0.3) is 0 Å². The zero-order chi connectivity index (χ0) is 12.2. The van der Waals surface area contributed by atoms with Crippen molar-refractivity contribution < 1.29 is 27.1 Å². The summed E-state index contributed by atoms with van der Waals surface area (Å²) in [5, 5.41) is 0. The average Bonchev–Trinajstić information content (AvgIpc) is 2.12. The van der Waals surface area contributed by atoms with E-state index in [9.17, 15) is 22.4 Å². The van der Waals surface area contributed by atoms with E-state index in [1.165, 1.54) is 6.92 Å². The first-order valence-electron chi connectivity index (χ1n) is 4.49. The largest absolute Gasteiger partial charge is 0.364 e. The number of halogens is 4. The second-order valence-corrected chi connectivity index (χ2v) is 3.57. The van der Waals surface area contributed by atoms with Crippen LogP contribution in [0.4, 0.5) is 17.6 Å². The Bertz CT molecular complexity index is 216. The van der Waals surface area contributed by atoms with Gasteiger partial charge in [0.15, 0.2) is 5.78 Å². The predicted octanol–water partition coefficient (Wildman–Crippen LogP) is 2.52. The fourth-order valence-corrected chi connectivity index (χ4v) is 0.851. The van der Waals surface area contributed by atoms with Gasteiger partial charge in [-0.25, -0.2) is 8.78 Å².